The predicted octanol–water partition coefficient (Wildman–Crippen LogP) is 1.98. The van der Waals surface area contributed by atoms with Gasteiger partial charge >= 0.3 is 6.03 Å². The molecule has 0 aliphatic carbocycles. The van der Waals surface area contributed by atoms with Crippen LogP contribution in [0.1, 0.15) is 26.7 Å². The fourth-order valence-electron chi connectivity index (χ4n) is 3.51. The van der Waals surface area contributed by atoms with Crippen LogP contribution in [-0.2, 0) is 9.59 Å². The van der Waals surface area contributed by atoms with Crippen molar-refractivity contribution in [1.82, 2.24) is 15.5 Å². The second kappa shape index (κ2) is 7.53. The molecule has 0 aromatic heterocycles. The van der Waals surface area contributed by atoms with E-state index in [0.29, 0.717) is 36.0 Å². The summed E-state index contributed by atoms with van der Waals surface area (Å²) in [5, 5.41) is 8.89. The minimum Gasteiger partial charge on any atom is -0.342 e. The van der Waals surface area contributed by atoms with Crippen molar-refractivity contribution < 1.29 is 14.4 Å². The summed E-state index contributed by atoms with van der Waals surface area (Å²) in [6, 6.07) is 5.20. The summed E-state index contributed by atoms with van der Waals surface area (Å²) in [5.74, 6) is 0.0958. The van der Waals surface area contributed by atoms with Crippen LogP contribution in [-0.4, -0.2) is 47.4 Å². The molecule has 26 heavy (non-hydrogen) atoms. The van der Waals surface area contributed by atoms with E-state index in [0.717, 1.165) is 0 Å². The number of benzene rings is 1. The molecule has 3 rings (SSSR count). The van der Waals surface area contributed by atoms with Gasteiger partial charge in [0, 0.05) is 17.3 Å². The highest BCUT2D eigenvalue weighted by Gasteiger charge is 2.46. The minimum atomic E-state index is -0.512. The molecule has 0 saturated carbocycles. The van der Waals surface area contributed by atoms with Crippen molar-refractivity contribution >= 4 is 35.1 Å². The number of piperazine rings is 1. The number of urea groups is 1. The van der Waals surface area contributed by atoms with E-state index in [9.17, 15) is 14.4 Å². The van der Waals surface area contributed by atoms with Gasteiger partial charge in [0.05, 0.1) is 6.04 Å². The third-order valence-electron chi connectivity index (χ3n) is 4.63. The highest BCUT2D eigenvalue weighted by atomic mass is 35.5. The summed E-state index contributed by atoms with van der Waals surface area (Å²) < 4.78 is 0. The SMILES string of the molecule is CC(C)C[C@@H]1NC(=O)[C@@H]2C[C@H](NC(=O)Nc3cccc(Cl)c3)CN2C1=O. The highest BCUT2D eigenvalue weighted by Crippen LogP contribution is 2.25. The molecule has 4 amide bonds. The normalized spacial score (nSPS) is 25.1. The molecule has 2 aliphatic heterocycles. The molecule has 2 aliphatic rings. The Labute approximate surface area is 157 Å². The molecular formula is C18H23ClN4O3. The predicted molar refractivity (Wildman–Crippen MR) is 98.9 cm³/mol. The Morgan fingerprint density at radius 2 is 2.15 bits per heavy atom. The van der Waals surface area contributed by atoms with Crippen molar-refractivity contribution in [3.8, 4) is 0 Å². The molecule has 2 heterocycles. The lowest BCUT2D eigenvalue weighted by molar-refractivity contribution is -0.147. The monoisotopic (exact) mass is 378 g/mol. The number of carbonyl (C=O) groups excluding carboxylic acids is 3. The summed E-state index contributed by atoms with van der Waals surface area (Å²) >= 11 is 5.90. The Hall–Kier alpha value is -2.28. The summed E-state index contributed by atoms with van der Waals surface area (Å²) in [6.07, 6.45) is 1.02. The number of halogens is 1. The average Bonchev–Trinajstić information content (AvgIpc) is 2.96. The smallest absolute Gasteiger partial charge is 0.319 e. The number of hydrogen-bond acceptors (Lipinski definition) is 3. The molecule has 2 saturated heterocycles. The topological polar surface area (TPSA) is 90.5 Å². The van der Waals surface area contributed by atoms with Crippen molar-refractivity contribution in [3.63, 3.8) is 0 Å². The molecule has 0 spiro atoms. The number of nitrogens with zero attached hydrogens (tertiary/aromatic N) is 1. The lowest BCUT2D eigenvalue weighted by Gasteiger charge is -2.35. The first-order valence-electron chi connectivity index (χ1n) is 8.77. The largest absolute Gasteiger partial charge is 0.342 e. The molecule has 0 bridgehead atoms. The third kappa shape index (κ3) is 4.09. The van der Waals surface area contributed by atoms with Crippen molar-refractivity contribution in [3.05, 3.63) is 29.3 Å². The quantitative estimate of drug-likeness (QED) is 0.748. The first-order chi connectivity index (χ1) is 12.3. The van der Waals surface area contributed by atoms with Crippen LogP contribution in [0.3, 0.4) is 0 Å². The van der Waals surface area contributed by atoms with Gasteiger partial charge in [-0.15, -0.1) is 0 Å². The van der Waals surface area contributed by atoms with Crippen LogP contribution < -0.4 is 16.0 Å². The van der Waals surface area contributed by atoms with E-state index in [4.69, 9.17) is 11.6 Å². The number of hydrogen-bond donors (Lipinski definition) is 3. The lowest BCUT2D eigenvalue weighted by Crippen LogP contribution is -2.61. The van der Waals surface area contributed by atoms with Gasteiger partial charge < -0.3 is 20.9 Å². The number of amides is 4. The number of carbonyl (C=O) groups is 3. The first kappa shape index (κ1) is 18.5. The maximum Gasteiger partial charge on any atom is 0.319 e. The molecule has 1 aromatic rings. The number of anilines is 1. The highest BCUT2D eigenvalue weighted by molar-refractivity contribution is 6.30. The first-order valence-corrected chi connectivity index (χ1v) is 9.15. The third-order valence-corrected chi connectivity index (χ3v) is 4.86. The zero-order valence-corrected chi connectivity index (χ0v) is 15.5. The van der Waals surface area contributed by atoms with Crippen molar-refractivity contribution in [1.29, 1.82) is 0 Å². The van der Waals surface area contributed by atoms with Crippen LogP contribution in [0.2, 0.25) is 5.02 Å². The van der Waals surface area contributed by atoms with Crippen molar-refractivity contribution in [2.45, 2.75) is 44.8 Å². The molecule has 3 atom stereocenters. The molecule has 2 fully saturated rings. The number of rotatable bonds is 4. The Bertz CT molecular complexity index is 724. The molecule has 0 radical (unpaired) electrons. The summed E-state index contributed by atoms with van der Waals surface area (Å²) in [5.41, 5.74) is 0.580. The van der Waals surface area contributed by atoms with Gasteiger partial charge in [0.1, 0.15) is 12.1 Å². The standard InChI is InChI=1S/C18H23ClN4O3/c1-10(2)6-14-17(25)23-9-13(8-15(23)16(24)22-14)21-18(26)20-12-5-3-4-11(19)7-12/h3-5,7,10,13-15H,6,8-9H2,1-2H3,(H,22,24)(H2,20,21,26)/t13-,14-,15-/m0/s1. The van der Waals surface area contributed by atoms with Gasteiger partial charge in [-0.25, -0.2) is 4.79 Å². The van der Waals surface area contributed by atoms with Gasteiger partial charge in [0.2, 0.25) is 11.8 Å². The van der Waals surface area contributed by atoms with Crippen LogP contribution in [0.25, 0.3) is 0 Å². The molecule has 1 aromatic carbocycles. The number of fused-ring (bicyclic) bond motifs is 1. The second-order valence-corrected chi connectivity index (χ2v) is 7.67. The van der Waals surface area contributed by atoms with Gasteiger partial charge in [-0.3, -0.25) is 9.59 Å². The number of nitrogens with one attached hydrogen (secondary N) is 3. The fraction of sp³-hybridized carbons (Fsp3) is 0.500. The summed E-state index contributed by atoms with van der Waals surface area (Å²) in [7, 11) is 0. The van der Waals surface area contributed by atoms with E-state index in [1.165, 1.54) is 0 Å². The zero-order valence-electron chi connectivity index (χ0n) is 14.8. The van der Waals surface area contributed by atoms with Gasteiger partial charge in [-0.05, 0) is 37.0 Å². The van der Waals surface area contributed by atoms with Crippen molar-refractivity contribution in [2.75, 3.05) is 11.9 Å². The molecule has 140 valence electrons. The van der Waals surface area contributed by atoms with Crippen molar-refractivity contribution in [2.24, 2.45) is 5.92 Å². The molecular weight excluding hydrogens is 356 g/mol. The van der Waals surface area contributed by atoms with Crippen LogP contribution >= 0.6 is 11.6 Å². The van der Waals surface area contributed by atoms with E-state index in [1.54, 1.807) is 29.2 Å². The van der Waals surface area contributed by atoms with Crippen LogP contribution in [0.4, 0.5) is 10.5 Å². The summed E-state index contributed by atoms with van der Waals surface area (Å²) in [4.78, 5) is 38.7. The zero-order chi connectivity index (χ0) is 18.8. The Morgan fingerprint density at radius 3 is 2.85 bits per heavy atom. The average molecular weight is 379 g/mol. The second-order valence-electron chi connectivity index (χ2n) is 7.24. The van der Waals surface area contributed by atoms with Crippen LogP contribution in [0.5, 0.6) is 0 Å². The maximum absolute atomic E-state index is 12.6. The van der Waals surface area contributed by atoms with Gasteiger partial charge in [-0.1, -0.05) is 31.5 Å². The van der Waals surface area contributed by atoms with Gasteiger partial charge in [-0.2, -0.15) is 0 Å². The fourth-order valence-corrected chi connectivity index (χ4v) is 3.70. The molecule has 0 unspecified atom stereocenters. The van der Waals surface area contributed by atoms with E-state index < -0.39 is 12.1 Å². The van der Waals surface area contributed by atoms with E-state index >= 15 is 0 Å². The van der Waals surface area contributed by atoms with Crippen LogP contribution in [0.15, 0.2) is 24.3 Å². The molecule has 8 heteroatoms. The van der Waals surface area contributed by atoms with E-state index in [1.807, 2.05) is 13.8 Å². The van der Waals surface area contributed by atoms with Gasteiger partial charge in [0.15, 0.2) is 0 Å². The molecule has 7 nitrogen and oxygen atoms in total. The van der Waals surface area contributed by atoms with Gasteiger partial charge in [0.25, 0.3) is 0 Å². The maximum atomic E-state index is 12.6. The lowest BCUT2D eigenvalue weighted by atomic mass is 9.99. The Kier molecular flexibility index (Phi) is 5.36. The Balaban J connectivity index is 1.59. The molecule has 3 N–H and O–H groups in total. The van der Waals surface area contributed by atoms with E-state index in [2.05, 4.69) is 16.0 Å². The Morgan fingerprint density at radius 1 is 1.38 bits per heavy atom. The van der Waals surface area contributed by atoms with E-state index in [-0.39, 0.29) is 23.9 Å². The minimum absolute atomic E-state index is 0.0668. The van der Waals surface area contributed by atoms with Crippen LogP contribution in [0, 0.1) is 5.92 Å². The summed E-state index contributed by atoms with van der Waals surface area (Å²) in [6.45, 7) is 4.37.